The molecule has 0 radical (unpaired) electrons. The molecule has 0 spiro atoms. The summed E-state index contributed by atoms with van der Waals surface area (Å²) in [5.74, 6) is 0.484. The van der Waals surface area contributed by atoms with Crippen molar-refractivity contribution in [3.63, 3.8) is 0 Å². The summed E-state index contributed by atoms with van der Waals surface area (Å²) >= 11 is 0. The number of esters is 1. The summed E-state index contributed by atoms with van der Waals surface area (Å²) in [5, 5.41) is 3.15. The Labute approximate surface area is 127 Å². The molecule has 1 N–H and O–H groups in total. The smallest absolute Gasteiger partial charge is 0.329 e. The van der Waals surface area contributed by atoms with Gasteiger partial charge >= 0.3 is 5.97 Å². The second-order valence-electron chi connectivity index (χ2n) is 5.27. The van der Waals surface area contributed by atoms with Gasteiger partial charge in [0.1, 0.15) is 17.9 Å². The zero-order chi connectivity index (χ0) is 15.7. The third kappa shape index (κ3) is 5.38. The highest BCUT2D eigenvalue weighted by Crippen LogP contribution is 2.16. The first-order valence-electron chi connectivity index (χ1n) is 7.69. The van der Waals surface area contributed by atoms with Crippen molar-refractivity contribution in [1.29, 1.82) is 0 Å². The minimum atomic E-state index is -0.827. The number of aryl methyl sites for hydroxylation is 1. The third-order valence-electron chi connectivity index (χ3n) is 3.28. The van der Waals surface area contributed by atoms with Gasteiger partial charge in [-0.2, -0.15) is 0 Å². The lowest BCUT2D eigenvalue weighted by Crippen LogP contribution is -2.54. The summed E-state index contributed by atoms with van der Waals surface area (Å²) in [6, 6.07) is 8.02. The molecule has 118 valence electrons. The van der Waals surface area contributed by atoms with E-state index in [0.29, 0.717) is 13.2 Å². The number of rotatable bonds is 9. The van der Waals surface area contributed by atoms with Crippen LogP contribution in [0.2, 0.25) is 0 Å². The molecular formula is C17H27NO3. The van der Waals surface area contributed by atoms with Crippen LogP contribution in [0.3, 0.4) is 0 Å². The molecule has 0 aromatic heterocycles. The second-order valence-corrected chi connectivity index (χ2v) is 5.27. The lowest BCUT2D eigenvalue weighted by atomic mass is 10.0. The van der Waals surface area contributed by atoms with Crippen LogP contribution >= 0.6 is 0 Å². The lowest BCUT2D eigenvalue weighted by Gasteiger charge is -2.28. The van der Waals surface area contributed by atoms with E-state index in [9.17, 15) is 4.79 Å². The molecule has 0 aliphatic heterocycles. The number of carbonyl (C=O) groups is 1. The molecule has 0 aliphatic carbocycles. The molecule has 0 heterocycles. The Bertz CT molecular complexity index is 430. The average molecular weight is 293 g/mol. The fourth-order valence-corrected chi connectivity index (χ4v) is 2.13. The van der Waals surface area contributed by atoms with E-state index in [-0.39, 0.29) is 12.6 Å². The molecular weight excluding hydrogens is 266 g/mol. The number of carbonyl (C=O) groups excluding carboxylic acids is 1. The highest BCUT2D eigenvalue weighted by atomic mass is 16.5. The second kappa shape index (κ2) is 8.67. The maximum absolute atomic E-state index is 12.1. The lowest BCUT2D eigenvalue weighted by molar-refractivity contribution is -0.151. The van der Waals surface area contributed by atoms with Crippen LogP contribution in [-0.2, 0) is 16.0 Å². The topological polar surface area (TPSA) is 47.6 Å². The monoisotopic (exact) mass is 293 g/mol. The van der Waals surface area contributed by atoms with Crippen LogP contribution in [-0.4, -0.2) is 31.3 Å². The van der Waals surface area contributed by atoms with Gasteiger partial charge in [-0.3, -0.25) is 5.32 Å². The molecule has 4 nitrogen and oxygen atoms in total. The van der Waals surface area contributed by atoms with Gasteiger partial charge in [0.2, 0.25) is 0 Å². The molecule has 0 fully saturated rings. The molecule has 1 aromatic carbocycles. The quantitative estimate of drug-likeness (QED) is 0.711. The Balaban J connectivity index is 2.65. The molecule has 1 unspecified atom stereocenters. The number of likely N-dealkylation sites (N-methyl/N-ethyl adjacent to an activating group) is 1. The fourth-order valence-electron chi connectivity index (χ4n) is 2.13. The van der Waals surface area contributed by atoms with Crippen LogP contribution in [0.15, 0.2) is 24.3 Å². The van der Waals surface area contributed by atoms with Gasteiger partial charge in [0.15, 0.2) is 0 Å². The van der Waals surface area contributed by atoms with E-state index in [1.807, 2.05) is 19.1 Å². The molecule has 1 aromatic rings. The first kappa shape index (κ1) is 17.5. The number of ether oxygens (including phenoxy) is 2. The summed E-state index contributed by atoms with van der Waals surface area (Å²) in [6.07, 6.45) is 2.19. The minimum Gasteiger partial charge on any atom is -0.491 e. The van der Waals surface area contributed by atoms with E-state index in [1.165, 1.54) is 5.56 Å². The normalized spacial score (nSPS) is 13.5. The number of nitrogens with one attached hydrogen (secondary N) is 1. The molecule has 0 aliphatic rings. The average Bonchev–Trinajstić information content (AvgIpc) is 2.47. The van der Waals surface area contributed by atoms with Gasteiger partial charge in [-0.25, -0.2) is 4.79 Å². The summed E-state index contributed by atoms with van der Waals surface area (Å²) in [4.78, 5) is 12.1. The van der Waals surface area contributed by atoms with Crippen LogP contribution < -0.4 is 10.1 Å². The van der Waals surface area contributed by atoms with Gasteiger partial charge in [-0.05, 0) is 44.5 Å². The maximum atomic E-state index is 12.1. The van der Waals surface area contributed by atoms with Crippen molar-refractivity contribution < 1.29 is 14.3 Å². The summed E-state index contributed by atoms with van der Waals surface area (Å²) in [7, 11) is 0. The number of hydrogen-bond donors (Lipinski definition) is 1. The molecule has 0 saturated carbocycles. The van der Waals surface area contributed by atoms with E-state index in [4.69, 9.17) is 9.47 Å². The van der Waals surface area contributed by atoms with Crippen molar-refractivity contribution in [2.24, 2.45) is 0 Å². The third-order valence-corrected chi connectivity index (χ3v) is 3.28. The molecule has 0 saturated heterocycles. The predicted octanol–water partition coefficient (Wildman–Crippen LogP) is 2.95. The highest BCUT2D eigenvalue weighted by Gasteiger charge is 2.34. The molecule has 4 heteroatoms. The van der Waals surface area contributed by atoms with Crippen LogP contribution in [0.1, 0.15) is 39.7 Å². The number of hydrogen-bond acceptors (Lipinski definition) is 4. The Morgan fingerprint density at radius 2 is 1.86 bits per heavy atom. The van der Waals surface area contributed by atoms with Gasteiger partial charge in [0, 0.05) is 0 Å². The van der Waals surface area contributed by atoms with Crippen LogP contribution in [0, 0.1) is 0 Å². The van der Waals surface area contributed by atoms with Crippen molar-refractivity contribution >= 4 is 5.97 Å². The van der Waals surface area contributed by atoms with Crippen LogP contribution in [0.5, 0.6) is 5.75 Å². The zero-order valence-corrected chi connectivity index (χ0v) is 13.6. The Hall–Kier alpha value is -1.55. The molecule has 1 rings (SSSR count). The van der Waals surface area contributed by atoms with E-state index in [2.05, 4.69) is 24.4 Å². The Morgan fingerprint density at radius 3 is 2.38 bits per heavy atom. The molecule has 1 atom stereocenters. The van der Waals surface area contributed by atoms with E-state index >= 15 is 0 Å². The van der Waals surface area contributed by atoms with Gasteiger partial charge in [0.05, 0.1) is 6.61 Å². The maximum Gasteiger partial charge on any atom is 0.329 e. The first-order chi connectivity index (χ1) is 10.1. The number of benzene rings is 1. The van der Waals surface area contributed by atoms with E-state index in [1.54, 1.807) is 13.8 Å². The predicted molar refractivity (Wildman–Crippen MR) is 84.6 cm³/mol. The summed E-state index contributed by atoms with van der Waals surface area (Å²) in [5.41, 5.74) is 0.469. The van der Waals surface area contributed by atoms with Crippen molar-refractivity contribution in [2.45, 2.75) is 46.1 Å². The van der Waals surface area contributed by atoms with E-state index in [0.717, 1.165) is 18.6 Å². The Kier molecular flexibility index (Phi) is 7.23. The first-order valence-corrected chi connectivity index (χ1v) is 7.69. The van der Waals surface area contributed by atoms with Crippen LogP contribution in [0.25, 0.3) is 0 Å². The van der Waals surface area contributed by atoms with Crippen molar-refractivity contribution in [2.75, 3.05) is 19.8 Å². The van der Waals surface area contributed by atoms with Crippen molar-refractivity contribution in [3.05, 3.63) is 29.8 Å². The summed E-state index contributed by atoms with van der Waals surface area (Å²) < 4.78 is 10.9. The standard InChI is InChI=1S/C17H27NO3/c1-5-8-14-9-11-15(12-10-14)21-13-17(4,18-6-2)16(19)20-7-3/h9-12,18H,5-8,13H2,1-4H3. The van der Waals surface area contributed by atoms with Gasteiger partial charge in [0.25, 0.3) is 0 Å². The summed E-state index contributed by atoms with van der Waals surface area (Å²) in [6.45, 7) is 9.01. The Morgan fingerprint density at radius 1 is 1.19 bits per heavy atom. The highest BCUT2D eigenvalue weighted by molar-refractivity contribution is 5.80. The zero-order valence-electron chi connectivity index (χ0n) is 13.6. The van der Waals surface area contributed by atoms with E-state index < -0.39 is 5.54 Å². The molecule has 0 amide bonds. The van der Waals surface area contributed by atoms with Crippen molar-refractivity contribution in [1.82, 2.24) is 5.32 Å². The molecule has 0 bridgehead atoms. The van der Waals surface area contributed by atoms with Gasteiger partial charge in [-0.15, -0.1) is 0 Å². The van der Waals surface area contributed by atoms with Gasteiger partial charge < -0.3 is 9.47 Å². The van der Waals surface area contributed by atoms with Crippen molar-refractivity contribution in [3.8, 4) is 5.75 Å². The van der Waals surface area contributed by atoms with Crippen LogP contribution in [0.4, 0.5) is 0 Å². The van der Waals surface area contributed by atoms with Gasteiger partial charge in [-0.1, -0.05) is 32.4 Å². The largest absolute Gasteiger partial charge is 0.491 e. The SMILES string of the molecule is CCCc1ccc(OCC(C)(NCC)C(=O)OCC)cc1. The fraction of sp³-hybridized carbons (Fsp3) is 0.588. The molecule has 21 heavy (non-hydrogen) atoms. The minimum absolute atomic E-state index is 0.243.